The molecule has 13 heteroatoms. The molecule has 0 saturated heterocycles. The van der Waals surface area contributed by atoms with Crippen molar-refractivity contribution in [3.8, 4) is 0 Å². The molecule has 0 aliphatic carbocycles. The molecule has 166 valence electrons. The van der Waals surface area contributed by atoms with Crippen molar-refractivity contribution >= 4 is 41.3 Å². The number of halogens is 1. The lowest BCUT2D eigenvalue weighted by atomic mass is 10.1. The Morgan fingerprint density at radius 1 is 1.17 bits per heavy atom. The standard InChI is InChI=1S/C16H29ClN6O6/c1-2-6-29-16(28)23-11(9-24)14(27)21-8-13(26)22-10(12(25)7-17)4-3-5-20-15(18)19/h10-11,24H,2-9H2,1H3,(H,21,27)(H,22,26)(H,23,28)(H4,18,19,20). The first-order chi connectivity index (χ1) is 13.7. The van der Waals surface area contributed by atoms with Crippen LogP contribution in [0.5, 0.6) is 0 Å². The number of carbonyl (C=O) groups excluding carboxylic acids is 4. The van der Waals surface area contributed by atoms with Crippen molar-refractivity contribution < 1.29 is 29.0 Å². The lowest BCUT2D eigenvalue weighted by molar-refractivity contribution is -0.129. The molecule has 0 heterocycles. The van der Waals surface area contributed by atoms with Crippen LogP contribution in [0, 0.1) is 0 Å². The van der Waals surface area contributed by atoms with Crippen molar-refractivity contribution in [1.82, 2.24) is 16.0 Å². The average Bonchev–Trinajstić information content (AvgIpc) is 2.69. The first kappa shape index (κ1) is 26.4. The fourth-order valence-corrected chi connectivity index (χ4v) is 2.21. The number of Topliss-reactive ketones (excluding diaryl/α,β-unsaturated/α-hetero) is 1. The molecule has 0 bridgehead atoms. The number of ketones is 1. The van der Waals surface area contributed by atoms with E-state index in [9.17, 15) is 24.3 Å². The Bertz CT molecular complexity index is 584. The van der Waals surface area contributed by atoms with Gasteiger partial charge in [0.15, 0.2) is 11.7 Å². The summed E-state index contributed by atoms with van der Waals surface area (Å²) in [4.78, 5) is 51.1. The number of alkyl carbamates (subject to hydrolysis) is 1. The third kappa shape index (κ3) is 12.5. The highest BCUT2D eigenvalue weighted by molar-refractivity contribution is 6.28. The van der Waals surface area contributed by atoms with E-state index < -0.39 is 48.9 Å². The van der Waals surface area contributed by atoms with E-state index in [0.29, 0.717) is 12.8 Å². The van der Waals surface area contributed by atoms with Crippen LogP contribution in [0.15, 0.2) is 4.99 Å². The average molecular weight is 437 g/mol. The van der Waals surface area contributed by atoms with Crippen molar-refractivity contribution in [1.29, 1.82) is 0 Å². The molecule has 0 rings (SSSR count). The number of alkyl halides is 1. The minimum Gasteiger partial charge on any atom is -0.450 e. The van der Waals surface area contributed by atoms with Crippen molar-refractivity contribution in [2.45, 2.75) is 38.3 Å². The first-order valence-electron chi connectivity index (χ1n) is 9.00. The summed E-state index contributed by atoms with van der Waals surface area (Å²) in [7, 11) is 0. The monoisotopic (exact) mass is 436 g/mol. The molecule has 2 atom stereocenters. The van der Waals surface area contributed by atoms with Crippen molar-refractivity contribution in [3.63, 3.8) is 0 Å². The molecule has 3 amide bonds. The molecule has 0 saturated carbocycles. The summed E-state index contributed by atoms with van der Waals surface area (Å²) >= 11 is 5.55. The molecule has 12 nitrogen and oxygen atoms in total. The molecule has 0 spiro atoms. The van der Waals surface area contributed by atoms with Gasteiger partial charge in [-0.2, -0.15) is 0 Å². The van der Waals surface area contributed by atoms with Crippen LogP contribution in [0.25, 0.3) is 0 Å². The van der Waals surface area contributed by atoms with E-state index in [1.54, 1.807) is 6.92 Å². The van der Waals surface area contributed by atoms with Crippen molar-refractivity contribution in [2.24, 2.45) is 16.5 Å². The van der Waals surface area contributed by atoms with Gasteiger partial charge >= 0.3 is 6.09 Å². The maximum absolute atomic E-state index is 12.0. The summed E-state index contributed by atoms with van der Waals surface area (Å²) in [5.41, 5.74) is 10.4. The second kappa shape index (κ2) is 15.3. The fourth-order valence-electron chi connectivity index (χ4n) is 2.02. The lowest BCUT2D eigenvalue weighted by Gasteiger charge is -2.18. The number of nitrogens with one attached hydrogen (secondary N) is 3. The highest BCUT2D eigenvalue weighted by Gasteiger charge is 2.23. The lowest BCUT2D eigenvalue weighted by Crippen LogP contribution is -2.52. The zero-order chi connectivity index (χ0) is 22.2. The highest BCUT2D eigenvalue weighted by Crippen LogP contribution is 2.01. The van der Waals surface area contributed by atoms with E-state index in [0.717, 1.165) is 0 Å². The Morgan fingerprint density at radius 3 is 2.41 bits per heavy atom. The van der Waals surface area contributed by atoms with Crippen LogP contribution in [-0.4, -0.2) is 79.0 Å². The first-order valence-corrected chi connectivity index (χ1v) is 9.53. The largest absolute Gasteiger partial charge is 0.450 e. The zero-order valence-corrected chi connectivity index (χ0v) is 17.0. The third-order valence-corrected chi connectivity index (χ3v) is 3.72. The van der Waals surface area contributed by atoms with E-state index in [2.05, 4.69) is 20.9 Å². The number of hydrogen-bond donors (Lipinski definition) is 6. The molecule has 0 aromatic carbocycles. The van der Waals surface area contributed by atoms with E-state index in [1.807, 2.05) is 0 Å². The van der Waals surface area contributed by atoms with E-state index >= 15 is 0 Å². The van der Waals surface area contributed by atoms with Crippen LogP contribution >= 0.6 is 11.6 Å². The molecule has 0 aliphatic heterocycles. The molecule has 8 N–H and O–H groups in total. The molecule has 0 aromatic rings. The number of ether oxygens (including phenoxy) is 1. The van der Waals surface area contributed by atoms with Gasteiger partial charge in [-0.05, 0) is 19.3 Å². The predicted molar refractivity (Wildman–Crippen MR) is 106 cm³/mol. The minimum absolute atomic E-state index is 0.0809. The summed E-state index contributed by atoms with van der Waals surface area (Å²) in [6, 6.07) is -2.14. The van der Waals surface area contributed by atoms with Crippen molar-refractivity contribution in [3.05, 3.63) is 0 Å². The number of rotatable bonds is 14. The highest BCUT2D eigenvalue weighted by atomic mass is 35.5. The number of aliphatic hydroxyl groups excluding tert-OH is 1. The molecule has 29 heavy (non-hydrogen) atoms. The van der Waals surface area contributed by atoms with Gasteiger partial charge in [-0.15, -0.1) is 11.6 Å². The molecule has 0 aliphatic rings. The van der Waals surface area contributed by atoms with E-state index in [4.69, 9.17) is 27.8 Å². The Labute approximate surface area is 173 Å². The molecular weight excluding hydrogens is 408 g/mol. The van der Waals surface area contributed by atoms with Gasteiger partial charge in [0, 0.05) is 6.54 Å². The number of nitrogens with two attached hydrogens (primary N) is 2. The fraction of sp³-hybridized carbons (Fsp3) is 0.688. The second-order valence-electron chi connectivity index (χ2n) is 5.90. The smallest absolute Gasteiger partial charge is 0.407 e. The zero-order valence-electron chi connectivity index (χ0n) is 16.3. The number of guanidine groups is 1. The van der Waals surface area contributed by atoms with Crippen LogP contribution < -0.4 is 27.4 Å². The van der Waals surface area contributed by atoms with Gasteiger partial charge in [-0.3, -0.25) is 19.4 Å². The number of aliphatic imine (C=N–C) groups is 1. The Kier molecular flexibility index (Phi) is 14.0. The van der Waals surface area contributed by atoms with E-state index in [-0.39, 0.29) is 31.4 Å². The molecule has 0 fully saturated rings. The maximum Gasteiger partial charge on any atom is 0.407 e. The van der Waals surface area contributed by atoms with E-state index in [1.165, 1.54) is 0 Å². The molecule has 0 radical (unpaired) electrons. The Morgan fingerprint density at radius 2 is 1.86 bits per heavy atom. The van der Waals surface area contributed by atoms with Crippen LogP contribution in [0.1, 0.15) is 26.2 Å². The molecule has 2 unspecified atom stereocenters. The summed E-state index contributed by atoms with van der Waals surface area (Å²) in [5, 5.41) is 16.1. The molecule has 0 aromatic heterocycles. The topological polar surface area (TPSA) is 198 Å². The number of aliphatic hydroxyl groups is 1. The minimum atomic E-state index is -1.29. The summed E-state index contributed by atoms with van der Waals surface area (Å²) in [6.07, 6.45) is 0.414. The van der Waals surface area contributed by atoms with Gasteiger partial charge in [-0.1, -0.05) is 6.92 Å². The summed E-state index contributed by atoms with van der Waals surface area (Å²) in [6.45, 7) is 1.07. The number of nitrogens with zero attached hydrogens (tertiary/aromatic N) is 1. The number of amides is 3. The normalized spacial score (nSPS) is 12.2. The van der Waals surface area contributed by atoms with Gasteiger partial charge in [0.1, 0.15) is 6.04 Å². The quantitative estimate of drug-likeness (QED) is 0.0772. The number of hydrogen-bond acceptors (Lipinski definition) is 7. The Balaban J connectivity index is 4.54. The van der Waals surface area contributed by atoms with Gasteiger partial charge in [0.25, 0.3) is 0 Å². The SMILES string of the molecule is CCCOC(=O)NC(CO)C(=O)NCC(=O)NC(CCCN=C(N)N)C(=O)CCl. The van der Waals surface area contributed by atoms with Gasteiger partial charge < -0.3 is 37.3 Å². The van der Waals surface area contributed by atoms with Crippen LogP contribution in [0.2, 0.25) is 0 Å². The third-order valence-electron chi connectivity index (χ3n) is 3.45. The second-order valence-corrected chi connectivity index (χ2v) is 6.17. The Hall–Kier alpha value is -2.60. The predicted octanol–water partition coefficient (Wildman–Crippen LogP) is -2.05. The van der Waals surface area contributed by atoms with Crippen LogP contribution in [-0.2, 0) is 19.1 Å². The van der Waals surface area contributed by atoms with Gasteiger partial charge in [0.2, 0.25) is 11.8 Å². The van der Waals surface area contributed by atoms with Gasteiger partial charge in [-0.25, -0.2) is 4.79 Å². The van der Waals surface area contributed by atoms with Crippen LogP contribution in [0.3, 0.4) is 0 Å². The van der Waals surface area contributed by atoms with Crippen LogP contribution in [0.4, 0.5) is 4.79 Å². The van der Waals surface area contributed by atoms with Crippen molar-refractivity contribution in [2.75, 3.05) is 32.2 Å². The number of carbonyl (C=O) groups is 4. The summed E-state index contributed by atoms with van der Waals surface area (Å²) in [5.74, 6) is -2.21. The maximum atomic E-state index is 12.0. The summed E-state index contributed by atoms with van der Waals surface area (Å²) < 4.78 is 4.76. The molecular formula is C16H29ClN6O6. The van der Waals surface area contributed by atoms with Gasteiger partial charge in [0.05, 0.1) is 31.7 Å².